The van der Waals surface area contributed by atoms with E-state index in [1.807, 2.05) is 6.20 Å². The SMILES string of the molecule is CCCCC(CN)Nc1nccc2sccc12. The van der Waals surface area contributed by atoms with Crippen molar-refractivity contribution in [2.75, 3.05) is 11.9 Å². The molecule has 4 heteroatoms. The summed E-state index contributed by atoms with van der Waals surface area (Å²) in [6.07, 6.45) is 5.37. The highest BCUT2D eigenvalue weighted by atomic mass is 32.1. The fraction of sp³-hybridized carbons (Fsp3) is 0.462. The number of fused-ring (bicyclic) bond motifs is 1. The molecule has 0 radical (unpaired) electrons. The van der Waals surface area contributed by atoms with Crippen LogP contribution in [0.2, 0.25) is 0 Å². The number of unbranched alkanes of at least 4 members (excludes halogenated alkanes) is 1. The van der Waals surface area contributed by atoms with E-state index in [0.29, 0.717) is 12.6 Å². The molecular weight excluding hydrogens is 230 g/mol. The molecule has 0 aliphatic heterocycles. The zero-order valence-corrected chi connectivity index (χ0v) is 11.0. The molecule has 0 amide bonds. The first kappa shape index (κ1) is 12.3. The molecule has 2 rings (SSSR count). The fourth-order valence-electron chi connectivity index (χ4n) is 1.90. The van der Waals surface area contributed by atoms with E-state index in [0.717, 1.165) is 12.2 Å². The second-order valence-electron chi connectivity index (χ2n) is 4.21. The lowest BCUT2D eigenvalue weighted by atomic mass is 10.1. The largest absolute Gasteiger partial charge is 0.366 e. The second-order valence-corrected chi connectivity index (χ2v) is 5.16. The van der Waals surface area contributed by atoms with Gasteiger partial charge in [-0.15, -0.1) is 11.3 Å². The Morgan fingerprint density at radius 3 is 3.12 bits per heavy atom. The zero-order chi connectivity index (χ0) is 12.1. The van der Waals surface area contributed by atoms with Gasteiger partial charge in [0.25, 0.3) is 0 Å². The first-order chi connectivity index (χ1) is 8.35. The molecule has 17 heavy (non-hydrogen) atoms. The Morgan fingerprint density at radius 1 is 1.47 bits per heavy atom. The lowest BCUT2D eigenvalue weighted by Crippen LogP contribution is -2.29. The smallest absolute Gasteiger partial charge is 0.134 e. The minimum Gasteiger partial charge on any atom is -0.366 e. The maximum Gasteiger partial charge on any atom is 0.134 e. The summed E-state index contributed by atoms with van der Waals surface area (Å²) in [4.78, 5) is 4.41. The van der Waals surface area contributed by atoms with Gasteiger partial charge in [0.1, 0.15) is 5.82 Å². The molecule has 1 atom stereocenters. The predicted molar refractivity (Wildman–Crippen MR) is 75.6 cm³/mol. The van der Waals surface area contributed by atoms with Crippen LogP contribution >= 0.6 is 11.3 Å². The summed E-state index contributed by atoms with van der Waals surface area (Å²) in [6.45, 7) is 2.85. The molecule has 3 nitrogen and oxygen atoms in total. The van der Waals surface area contributed by atoms with Gasteiger partial charge in [-0.3, -0.25) is 0 Å². The van der Waals surface area contributed by atoms with Crippen LogP contribution in [0.1, 0.15) is 26.2 Å². The summed E-state index contributed by atoms with van der Waals surface area (Å²) in [5.74, 6) is 0.968. The van der Waals surface area contributed by atoms with Crippen LogP contribution in [-0.2, 0) is 0 Å². The number of hydrogen-bond donors (Lipinski definition) is 2. The Balaban J connectivity index is 2.13. The minimum atomic E-state index is 0.327. The first-order valence-electron chi connectivity index (χ1n) is 6.14. The van der Waals surface area contributed by atoms with Crippen LogP contribution in [0.15, 0.2) is 23.7 Å². The molecule has 2 aromatic rings. The van der Waals surface area contributed by atoms with E-state index in [-0.39, 0.29) is 0 Å². The van der Waals surface area contributed by atoms with Gasteiger partial charge >= 0.3 is 0 Å². The van der Waals surface area contributed by atoms with Gasteiger partial charge in [0.05, 0.1) is 0 Å². The van der Waals surface area contributed by atoms with Gasteiger partial charge in [-0.25, -0.2) is 4.98 Å². The highest BCUT2D eigenvalue weighted by Gasteiger charge is 2.09. The van der Waals surface area contributed by atoms with Crippen LogP contribution < -0.4 is 11.1 Å². The number of nitrogens with one attached hydrogen (secondary N) is 1. The Kier molecular flexibility index (Phi) is 4.34. The van der Waals surface area contributed by atoms with Crippen LogP contribution in [-0.4, -0.2) is 17.6 Å². The Bertz CT molecular complexity index is 466. The van der Waals surface area contributed by atoms with Crippen LogP contribution in [0, 0.1) is 0 Å². The molecule has 2 aromatic heterocycles. The number of hydrogen-bond acceptors (Lipinski definition) is 4. The monoisotopic (exact) mass is 249 g/mol. The summed E-state index contributed by atoms with van der Waals surface area (Å²) >= 11 is 1.74. The van der Waals surface area contributed by atoms with Crippen LogP contribution in [0.4, 0.5) is 5.82 Å². The van der Waals surface area contributed by atoms with Crippen molar-refractivity contribution in [2.24, 2.45) is 5.73 Å². The van der Waals surface area contributed by atoms with E-state index >= 15 is 0 Å². The summed E-state index contributed by atoms with van der Waals surface area (Å²) in [5.41, 5.74) is 5.79. The molecule has 0 aliphatic carbocycles. The number of thiophene rings is 1. The lowest BCUT2D eigenvalue weighted by molar-refractivity contribution is 0.613. The number of anilines is 1. The molecule has 0 saturated heterocycles. The van der Waals surface area contributed by atoms with E-state index in [1.54, 1.807) is 11.3 Å². The second kappa shape index (κ2) is 5.98. The number of rotatable bonds is 6. The van der Waals surface area contributed by atoms with Crippen molar-refractivity contribution in [1.82, 2.24) is 4.98 Å². The van der Waals surface area contributed by atoms with Crippen molar-refractivity contribution in [3.63, 3.8) is 0 Å². The molecule has 0 spiro atoms. The van der Waals surface area contributed by atoms with Crippen LogP contribution in [0.5, 0.6) is 0 Å². The average Bonchev–Trinajstić information content (AvgIpc) is 2.83. The van der Waals surface area contributed by atoms with E-state index < -0.39 is 0 Å². The van der Waals surface area contributed by atoms with Gasteiger partial charge in [-0.1, -0.05) is 19.8 Å². The maximum absolute atomic E-state index is 5.79. The van der Waals surface area contributed by atoms with Crippen molar-refractivity contribution < 1.29 is 0 Å². The van der Waals surface area contributed by atoms with Crippen molar-refractivity contribution in [3.05, 3.63) is 23.7 Å². The summed E-state index contributed by atoms with van der Waals surface area (Å²) in [6, 6.07) is 4.49. The third kappa shape index (κ3) is 2.96. The van der Waals surface area contributed by atoms with Gasteiger partial charge < -0.3 is 11.1 Å². The Morgan fingerprint density at radius 2 is 2.35 bits per heavy atom. The number of pyridine rings is 1. The van der Waals surface area contributed by atoms with Crippen molar-refractivity contribution >= 4 is 27.2 Å². The molecule has 0 fully saturated rings. The molecule has 0 bridgehead atoms. The van der Waals surface area contributed by atoms with Crippen LogP contribution in [0.25, 0.3) is 10.1 Å². The quantitative estimate of drug-likeness (QED) is 0.826. The van der Waals surface area contributed by atoms with Gasteiger partial charge in [0, 0.05) is 28.9 Å². The fourth-order valence-corrected chi connectivity index (χ4v) is 2.68. The van der Waals surface area contributed by atoms with Gasteiger partial charge in [-0.2, -0.15) is 0 Å². The van der Waals surface area contributed by atoms with E-state index in [9.17, 15) is 0 Å². The number of nitrogens with zero attached hydrogens (tertiary/aromatic N) is 1. The van der Waals surface area contributed by atoms with Gasteiger partial charge in [-0.05, 0) is 23.9 Å². The molecule has 1 unspecified atom stereocenters. The molecule has 0 aromatic carbocycles. The molecule has 0 aliphatic rings. The van der Waals surface area contributed by atoms with Crippen LogP contribution in [0.3, 0.4) is 0 Å². The van der Waals surface area contributed by atoms with Crippen molar-refractivity contribution in [2.45, 2.75) is 32.2 Å². The highest BCUT2D eigenvalue weighted by molar-refractivity contribution is 7.17. The average molecular weight is 249 g/mol. The maximum atomic E-state index is 5.79. The normalized spacial score (nSPS) is 12.8. The third-order valence-corrected chi connectivity index (χ3v) is 3.79. The lowest BCUT2D eigenvalue weighted by Gasteiger charge is -2.17. The van der Waals surface area contributed by atoms with E-state index in [4.69, 9.17) is 5.73 Å². The summed E-state index contributed by atoms with van der Waals surface area (Å²) < 4.78 is 1.27. The van der Waals surface area contributed by atoms with Crippen molar-refractivity contribution in [1.29, 1.82) is 0 Å². The van der Waals surface area contributed by atoms with Gasteiger partial charge in [0.15, 0.2) is 0 Å². The standard InChI is InChI=1S/C13H19N3S/c1-2-3-4-10(9-14)16-13-11-6-8-17-12(11)5-7-15-13/h5-8,10H,2-4,9,14H2,1H3,(H,15,16). The zero-order valence-electron chi connectivity index (χ0n) is 10.1. The summed E-state index contributed by atoms with van der Waals surface area (Å²) in [7, 11) is 0. The summed E-state index contributed by atoms with van der Waals surface area (Å²) in [5, 5.41) is 6.76. The van der Waals surface area contributed by atoms with E-state index in [1.165, 1.54) is 22.9 Å². The molecule has 3 N–H and O–H groups in total. The molecule has 2 heterocycles. The Labute approximate surface area is 106 Å². The Hall–Kier alpha value is -1.13. The molecular formula is C13H19N3S. The number of aromatic nitrogens is 1. The van der Waals surface area contributed by atoms with Gasteiger partial charge in [0.2, 0.25) is 0 Å². The molecule has 0 saturated carbocycles. The highest BCUT2D eigenvalue weighted by Crippen LogP contribution is 2.26. The molecule has 92 valence electrons. The third-order valence-electron chi connectivity index (χ3n) is 2.91. The minimum absolute atomic E-state index is 0.327. The first-order valence-corrected chi connectivity index (χ1v) is 7.02. The van der Waals surface area contributed by atoms with Crippen molar-refractivity contribution in [3.8, 4) is 0 Å². The number of nitrogens with two attached hydrogens (primary N) is 1. The topological polar surface area (TPSA) is 50.9 Å². The predicted octanol–water partition coefficient (Wildman–Crippen LogP) is 3.23. The van der Waals surface area contributed by atoms with E-state index in [2.05, 4.69) is 34.7 Å².